The number of thiocarbonyl (C=S) groups is 1. The van der Waals surface area contributed by atoms with Crippen molar-refractivity contribution >= 4 is 44.4 Å². The van der Waals surface area contributed by atoms with Crippen molar-refractivity contribution in [3.63, 3.8) is 0 Å². The molecule has 0 radical (unpaired) electrons. The van der Waals surface area contributed by atoms with Crippen LogP contribution in [0.1, 0.15) is 11.3 Å². The summed E-state index contributed by atoms with van der Waals surface area (Å²) in [6.07, 6.45) is 0.997. The first-order chi connectivity index (χ1) is 14.9. The van der Waals surface area contributed by atoms with Crippen LogP contribution in [0, 0.1) is 0 Å². The number of sulfonamides is 1. The van der Waals surface area contributed by atoms with Crippen LogP contribution in [-0.4, -0.2) is 81.1 Å². The van der Waals surface area contributed by atoms with Crippen molar-refractivity contribution in [2.24, 2.45) is 0 Å². The molecule has 3 rings (SSSR count). The van der Waals surface area contributed by atoms with Gasteiger partial charge in [0.2, 0.25) is 10.0 Å². The quantitative estimate of drug-likeness (QED) is 0.551. The highest BCUT2D eigenvalue weighted by Gasteiger charge is 2.26. The van der Waals surface area contributed by atoms with Crippen molar-refractivity contribution in [3.05, 3.63) is 46.7 Å². The van der Waals surface area contributed by atoms with Crippen LogP contribution in [0.25, 0.3) is 0 Å². The molecule has 10 heteroatoms. The van der Waals surface area contributed by atoms with Gasteiger partial charge in [-0.25, -0.2) is 8.42 Å². The summed E-state index contributed by atoms with van der Waals surface area (Å²) < 4.78 is 32.3. The first-order valence-electron chi connectivity index (χ1n) is 10.3. The summed E-state index contributed by atoms with van der Waals surface area (Å²) in [7, 11) is 0.625. The molecule has 1 fully saturated rings. The fraction of sp³-hybridized carbons (Fsp3) is 0.476. The third-order valence-corrected chi connectivity index (χ3v) is 8.10. The molecule has 0 unspecified atom stereocenters. The third kappa shape index (κ3) is 6.96. The minimum atomic E-state index is -3.50. The molecule has 0 bridgehead atoms. The summed E-state index contributed by atoms with van der Waals surface area (Å²) in [5, 5.41) is 5.97. The first-order valence-corrected chi connectivity index (χ1v) is 13.0. The van der Waals surface area contributed by atoms with Gasteiger partial charge < -0.3 is 19.9 Å². The van der Waals surface area contributed by atoms with Gasteiger partial charge in [0.05, 0.1) is 24.7 Å². The Labute approximate surface area is 194 Å². The Morgan fingerprint density at radius 2 is 1.87 bits per heavy atom. The number of benzene rings is 1. The van der Waals surface area contributed by atoms with Crippen LogP contribution in [0.3, 0.4) is 0 Å². The summed E-state index contributed by atoms with van der Waals surface area (Å²) in [6.45, 7) is 4.21. The summed E-state index contributed by atoms with van der Waals surface area (Å²) in [5.41, 5.74) is 0.773. The predicted octanol–water partition coefficient (Wildman–Crippen LogP) is 2.92. The minimum Gasteiger partial charge on any atom is -0.379 e. The minimum absolute atomic E-state index is 0.285. The molecule has 1 N–H and O–H groups in total. The standard InChI is InChI=1S/C21H30N4O3S3/c1-23(2)10-4-11-24(17-19-5-3-16-30-19)21(29)22-18-6-8-20(9-7-18)31(26,27)25-12-14-28-15-13-25/h3,5-9,16H,4,10-15,17H2,1-2H3,(H,22,29). The molecule has 1 saturated heterocycles. The average molecular weight is 483 g/mol. The van der Waals surface area contributed by atoms with E-state index in [1.807, 2.05) is 6.07 Å². The monoisotopic (exact) mass is 482 g/mol. The molecule has 7 nitrogen and oxygen atoms in total. The highest BCUT2D eigenvalue weighted by molar-refractivity contribution is 7.89. The van der Waals surface area contributed by atoms with Gasteiger partial charge in [-0.2, -0.15) is 4.31 Å². The maximum absolute atomic E-state index is 12.8. The van der Waals surface area contributed by atoms with Crippen LogP contribution < -0.4 is 5.32 Å². The molecule has 31 heavy (non-hydrogen) atoms. The Balaban J connectivity index is 1.65. The third-order valence-electron chi connectivity index (χ3n) is 4.96. The Bertz CT molecular complexity index is 925. The van der Waals surface area contributed by atoms with E-state index in [0.29, 0.717) is 31.4 Å². The Hall–Kier alpha value is -1.56. The SMILES string of the molecule is CN(C)CCCN(Cc1cccs1)C(=S)Nc1ccc(S(=O)(=O)N2CCOCC2)cc1. The predicted molar refractivity (Wildman–Crippen MR) is 130 cm³/mol. The average Bonchev–Trinajstić information content (AvgIpc) is 3.27. The second-order valence-corrected chi connectivity index (χ2v) is 11.0. The second kappa shape index (κ2) is 11.3. The molecule has 1 aliphatic heterocycles. The number of morpholine rings is 1. The van der Waals surface area contributed by atoms with E-state index in [-0.39, 0.29) is 4.90 Å². The maximum Gasteiger partial charge on any atom is 0.243 e. The van der Waals surface area contributed by atoms with Crippen molar-refractivity contribution in [2.75, 3.05) is 58.8 Å². The fourth-order valence-electron chi connectivity index (χ4n) is 3.27. The number of ether oxygens (including phenoxy) is 1. The first kappa shape index (κ1) is 24.1. The molecule has 0 spiro atoms. The van der Waals surface area contributed by atoms with Crippen LogP contribution in [-0.2, 0) is 21.3 Å². The van der Waals surface area contributed by atoms with E-state index in [0.717, 1.165) is 31.7 Å². The zero-order valence-electron chi connectivity index (χ0n) is 18.0. The zero-order chi connectivity index (χ0) is 22.3. The van der Waals surface area contributed by atoms with Gasteiger partial charge in [0.1, 0.15) is 0 Å². The van der Waals surface area contributed by atoms with Crippen LogP contribution in [0.4, 0.5) is 5.69 Å². The fourth-order valence-corrected chi connectivity index (χ4v) is 5.67. The van der Waals surface area contributed by atoms with E-state index in [4.69, 9.17) is 17.0 Å². The lowest BCUT2D eigenvalue weighted by Gasteiger charge is -2.27. The molecule has 0 atom stereocenters. The van der Waals surface area contributed by atoms with Crippen molar-refractivity contribution < 1.29 is 13.2 Å². The summed E-state index contributed by atoms with van der Waals surface area (Å²) in [5.74, 6) is 0. The largest absolute Gasteiger partial charge is 0.379 e. The van der Waals surface area contributed by atoms with Crippen molar-refractivity contribution in [2.45, 2.75) is 17.9 Å². The molecular weight excluding hydrogens is 452 g/mol. The van der Waals surface area contributed by atoms with Gasteiger partial charge in [0.15, 0.2) is 5.11 Å². The molecule has 1 aromatic heterocycles. The van der Waals surface area contributed by atoms with Gasteiger partial charge in [-0.1, -0.05) is 6.07 Å². The number of thiophene rings is 1. The zero-order valence-corrected chi connectivity index (χ0v) is 20.4. The van der Waals surface area contributed by atoms with E-state index >= 15 is 0 Å². The van der Waals surface area contributed by atoms with E-state index in [2.05, 4.69) is 40.7 Å². The molecule has 1 aliphatic rings. The normalized spacial score (nSPS) is 15.2. The Morgan fingerprint density at radius 1 is 1.16 bits per heavy atom. The summed E-state index contributed by atoms with van der Waals surface area (Å²) >= 11 is 7.40. The lowest BCUT2D eigenvalue weighted by molar-refractivity contribution is 0.0730. The van der Waals surface area contributed by atoms with Crippen LogP contribution in [0.15, 0.2) is 46.7 Å². The van der Waals surface area contributed by atoms with Gasteiger partial charge in [0.25, 0.3) is 0 Å². The summed E-state index contributed by atoms with van der Waals surface area (Å²) in [4.78, 5) is 5.85. The molecular formula is C21H30N4O3S3. The molecule has 0 saturated carbocycles. The van der Waals surface area contributed by atoms with Gasteiger partial charge in [-0.05, 0) is 75.0 Å². The van der Waals surface area contributed by atoms with Crippen molar-refractivity contribution in [1.82, 2.24) is 14.1 Å². The van der Waals surface area contributed by atoms with Crippen LogP contribution in [0.2, 0.25) is 0 Å². The molecule has 170 valence electrons. The van der Waals surface area contributed by atoms with Gasteiger partial charge in [-0.3, -0.25) is 0 Å². The van der Waals surface area contributed by atoms with Crippen molar-refractivity contribution in [3.8, 4) is 0 Å². The molecule has 2 aromatic rings. The molecule has 0 aliphatic carbocycles. The Morgan fingerprint density at radius 3 is 2.48 bits per heavy atom. The number of nitrogens with zero attached hydrogens (tertiary/aromatic N) is 3. The highest BCUT2D eigenvalue weighted by Crippen LogP contribution is 2.20. The Kier molecular flexibility index (Phi) is 8.82. The lowest BCUT2D eigenvalue weighted by atomic mass is 10.3. The van der Waals surface area contributed by atoms with E-state index in [1.54, 1.807) is 35.6 Å². The number of nitrogens with one attached hydrogen (secondary N) is 1. The van der Waals surface area contributed by atoms with E-state index in [1.165, 1.54) is 9.18 Å². The number of hydrogen-bond acceptors (Lipinski definition) is 6. The highest BCUT2D eigenvalue weighted by atomic mass is 32.2. The number of rotatable bonds is 9. The van der Waals surface area contributed by atoms with Gasteiger partial charge in [-0.15, -0.1) is 11.3 Å². The summed E-state index contributed by atoms with van der Waals surface area (Å²) in [6, 6.07) is 10.9. The maximum atomic E-state index is 12.8. The number of anilines is 1. The second-order valence-electron chi connectivity index (χ2n) is 7.63. The molecule has 0 amide bonds. The van der Waals surface area contributed by atoms with E-state index < -0.39 is 10.0 Å². The van der Waals surface area contributed by atoms with Crippen LogP contribution in [0.5, 0.6) is 0 Å². The smallest absolute Gasteiger partial charge is 0.243 e. The molecule has 2 heterocycles. The molecule has 1 aromatic carbocycles. The van der Waals surface area contributed by atoms with Crippen molar-refractivity contribution in [1.29, 1.82) is 0 Å². The number of hydrogen-bond donors (Lipinski definition) is 1. The van der Waals surface area contributed by atoms with Crippen LogP contribution >= 0.6 is 23.6 Å². The van der Waals surface area contributed by atoms with E-state index in [9.17, 15) is 8.42 Å². The topological polar surface area (TPSA) is 65.1 Å². The lowest BCUT2D eigenvalue weighted by Crippen LogP contribution is -2.40. The van der Waals surface area contributed by atoms with Gasteiger partial charge in [0, 0.05) is 30.2 Å². The van der Waals surface area contributed by atoms with Gasteiger partial charge >= 0.3 is 0 Å².